The molecule has 1 aliphatic heterocycles. The van der Waals surface area contributed by atoms with Gasteiger partial charge in [0.2, 0.25) is 0 Å². The van der Waals surface area contributed by atoms with Crippen LogP contribution in [0, 0.1) is 6.92 Å². The summed E-state index contributed by atoms with van der Waals surface area (Å²) < 4.78 is 5.35. The highest BCUT2D eigenvalue weighted by Crippen LogP contribution is 2.45. The highest BCUT2D eigenvalue weighted by atomic mass is 35.5. The number of Topliss-reactive ketones (excluding diaryl/α,β-unsaturated/α-hetero) is 1. The lowest BCUT2D eigenvalue weighted by Gasteiger charge is -2.25. The van der Waals surface area contributed by atoms with Gasteiger partial charge in [0.05, 0.1) is 18.2 Å². The minimum atomic E-state index is -0.770. The molecular weight excluding hydrogens is 422 g/mol. The number of benzene rings is 2. The van der Waals surface area contributed by atoms with Crippen LogP contribution in [0.15, 0.2) is 65.6 Å². The average molecular weight is 440 g/mol. The molecule has 1 fully saturated rings. The number of anilines is 1. The molecule has 0 saturated carbocycles. The zero-order valence-corrected chi connectivity index (χ0v) is 17.8. The Morgan fingerprint density at radius 1 is 1.13 bits per heavy atom. The number of carbonyl (C=O) groups excluding carboxylic acids is 2. The normalized spacial score (nSPS) is 18.1. The number of carbonyl (C=O) groups is 2. The Morgan fingerprint density at radius 3 is 2.57 bits per heavy atom. The molecule has 152 valence electrons. The Labute approximate surface area is 182 Å². The van der Waals surface area contributed by atoms with E-state index < -0.39 is 17.7 Å². The minimum absolute atomic E-state index is 0.0232. The summed E-state index contributed by atoms with van der Waals surface area (Å²) in [7, 11) is 1.48. The van der Waals surface area contributed by atoms with E-state index in [0.29, 0.717) is 22.0 Å². The third-order valence-electron chi connectivity index (χ3n) is 5.04. The minimum Gasteiger partial charge on any atom is -0.507 e. The predicted molar refractivity (Wildman–Crippen MR) is 118 cm³/mol. The van der Waals surface area contributed by atoms with Crippen LogP contribution in [-0.2, 0) is 9.59 Å². The second-order valence-corrected chi connectivity index (χ2v) is 8.20. The van der Waals surface area contributed by atoms with Gasteiger partial charge < -0.3 is 9.84 Å². The number of amides is 1. The third kappa shape index (κ3) is 3.28. The molecule has 3 aromatic rings. The average Bonchev–Trinajstić information content (AvgIpc) is 3.28. The van der Waals surface area contributed by atoms with Crippen molar-refractivity contribution in [2.45, 2.75) is 13.0 Å². The monoisotopic (exact) mass is 439 g/mol. The Kier molecular flexibility index (Phi) is 5.37. The zero-order chi connectivity index (χ0) is 21.4. The number of ether oxygens (including phenoxy) is 1. The molecule has 1 atom stereocenters. The van der Waals surface area contributed by atoms with Gasteiger partial charge in [0.1, 0.15) is 17.6 Å². The maximum Gasteiger partial charge on any atom is 0.300 e. The number of thiophene rings is 1. The second kappa shape index (κ2) is 7.97. The fourth-order valence-corrected chi connectivity index (χ4v) is 4.83. The van der Waals surface area contributed by atoms with Crippen molar-refractivity contribution in [3.63, 3.8) is 0 Å². The van der Waals surface area contributed by atoms with Gasteiger partial charge in [-0.15, -0.1) is 11.3 Å². The number of aliphatic hydroxyl groups excluding tert-OH is 1. The number of para-hydroxylation sites is 1. The highest BCUT2D eigenvalue weighted by molar-refractivity contribution is 7.10. The van der Waals surface area contributed by atoms with Crippen molar-refractivity contribution in [1.82, 2.24) is 0 Å². The van der Waals surface area contributed by atoms with Crippen molar-refractivity contribution in [1.29, 1.82) is 0 Å². The zero-order valence-electron chi connectivity index (χ0n) is 16.3. The summed E-state index contributed by atoms with van der Waals surface area (Å²) in [5, 5.41) is 13.5. The maximum atomic E-state index is 13.1. The molecule has 0 radical (unpaired) electrons. The van der Waals surface area contributed by atoms with Crippen molar-refractivity contribution in [3.8, 4) is 5.75 Å². The number of rotatable bonds is 4. The van der Waals surface area contributed by atoms with Gasteiger partial charge in [0, 0.05) is 15.6 Å². The predicted octanol–water partition coefficient (Wildman–Crippen LogP) is 5.34. The van der Waals surface area contributed by atoms with E-state index in [9.17, 15) is 14.7 Å². The summed E-state index contributed by atoms with van der Waals surface area (Å²) in [6.07, 6.45) is 0. The van der Waals surface area contributed by atoms with E-state index in [1.165, 1.54) is 23.3 Å². The largest absolute Gasteiger partial charge is 0.507 e. The maximum absolute atomic E-state index is 13.1. The van der Waals surface area contributed by atoms with Crippen molar-refractivity contribution in [2.24, 2.45) is 0 Å². The molecule has 4 rings (SSSR count). The van der Waals surface area contributed by atoms with E-state index in [4.69, 9.17) is 16.3 Å². The van der Waals surface area contributed by atoms with Crippen molar-refractivity contribution in [2.75, 3.05) is 12.0 Å². The van der Waals surface area contributed by atoms with Gasteiger partial charge in [-0.05, 0) is 54.3 Å². The smallest absolute Gasteiger partial charge is 0.300 e. The molecule has 0 bridgehead atoms. The van der Waals surface area contributed by atoms with Gasteiger partial charge in [-0.2, -0.15) is 0 Å². The Bertz CT molecular complexity index is 1180. The van der Waals surface area contributed by atoms with Crippen LogP contribution in [0.3, 0.4) is 0 Å². The third-order valence-corrected chi connectivity index (χ3v) is 6.35. The van der Waals surface area contributed by atoms with Gasteiger partial charge in [0.25, 0.3) is 11.7 Å². The lowest BCUT2D eigenvalue weighted by Crippen LogP contribution is -2.29. The summed E-state index contributed by atoms with van der Waals surface area (Å²) >= 11 is 7.57. The van der Waals surface area contributed by atoms with Gasteiger partial charge in [-0.25, -0.2) is 0 Å². The number of hydrogen-bond acceptors (Lipinski definition) is 5. The highest BCUT2D eigenvalue weighted by Gasteiger charge is 2.48. The van der Waals surface area contributed by atoms with Gasteiger partial charge >= 0.3 is 0 Å². The molecule has 1 aromatic heterocycles. The number of halogens is 1. The fraction of sp³-hybridized carbons (Fsp3) is 0.130. The molecule has 2 heterocycles. The molecule has 7 heteroatoms. The summed E-state index contributed by atoms with van der Waals surface area (Å²) in [6.45, 7) is 1.91. The molecule has 0 aliphatic carbocycles. The fourth-order valence-electron chi connectivity index (χ4n) is 3.62. The van der Waals surface area contributed by atoms with Crippen molar-refractivity contribution < 1.29 is 19.4 Å². The molecule has 2 aromatic carbocycles. The molecule has 0 spiro atoms. The van der Waals surface area contributed by atoms with E-state index in [1.54, 1.807) is 48.5 Å². The molecule has 1 N–H and O–H groups in total. The number of hydrogen-bond donors (Lipinski definition) is 1. The summed E-state index contributed by atoms with van der Waals surface area (Å²) in [6, 6.07) is 14.7. The molecule has 1 amide bonds. The molecule has 30 heavy (non-hydrogen) atoms. The summed E-state index contributed by atoms with van der Waals surface area (Å²) in [5.41, 5.74) is 1.78. The lowest BCUT2D eigenvalue weighted by molar-refractivity contribution is -0.132. The number of ketones is 1. The topological polar surface area (TPSA) is 66.8 Å². The van der Waals surface area contributed by atoms with Crippen molar-refractivity contribution in [3.05, 3.63) is 86.6 Å². The van der Waals surface area contributed by atoms with Gasteiger partial charge in [0.15, 0.2) is 0 Å². The van der Waals surface area contributed by atoms with E-state index in [0.717, 1.165) is 10.4 Å². The quantitative estimate of drug-likeness (QED) is 0.338. The first-order chi connectivity index (χ1) is 14.4. The van der Waals surface area contributed by atoms with Crippen molar-refractivity contribution >= 4 is 46.1 Å². The SMILES string of the molecule is COc1ccccc1/C(O)=C1/C(=O)C(=O)N(c2cccc(Cl)c2)C1c1sccc1C. The first-order valence-electron chi connectivity index (χ1n) is 9.18. The Hall–Kier alpha value is -3.09. The molecule has 5 nitrogen and oxygen atoms in total. The van der Waals surface area contributed by atoms with Crippen LogP contribution in [0.5, 0.6) is 5.75 Å². The van der Waals surface area contributed by atoms with Crippen LogP contribution in [-0.4, -0.2) is 23.9 Å². The molecule has 1 saturated heterocycles. The summed E-state index contributed by atoms with van der Waals surface area (Å²) in [5.74, 6) is -1.33. The number of methoxy groups -OCH3 is 1. The van der Waals surface area contributed by atoms with E-state index in [2.05, 4.69) is 0 Å². The van der Waals surface area contributed by atoms with Crippen LogP contribution in [0.1, 0.15) is 22.0 Å². The lowest BCUT2D eigenvalue weighted by atomic mass is 9.98. The van der Waals surface area contributed by atoms with Crippen LogP contribution >= 0.6 is 22.9 Å². The standard InChI is InChI=1S/C23H18ClNO4S/c1-13-10-11-30-22(13)19-18(20(26)16-8-3-4-9-17(16)29-2)21(27)23(28)25(19)15-7-5-6-14(24)12-15/h3-12,19,26H,1-2H3/b20-18-. The first-order valence-corrected chi connectivity index (χ1v) is 10.4. The van der Waals surface area contributed by atoms with Gasteiger partial charge in [-0.3, -0.25) is 14.5 Å². The van der Waals surface area contributed by atoms with E-state index in [-0.39, 0.29) is 11.3 Å². The first kappa shape index (κ1) is 20.2. The number of aliphatic hydroxyl groups is 1. The number of nitrogens with zero attached hydrogens (tertiary/aromatic N) is 1. The van der Waals surface area contributed by atoms with E-state index >= 15 is 0 Å². The van der Waals surface area contributed by atoms with Crippen LogP contribution in [0.4, 0.5) is 5.69 Å². The van der Waals surface area contributed by atoms with Crippen LogP contribution in [0.25, 0.3) is 5.76 Å². The summed E-state index contributed by atoms with van der Waals surface area (Å²) in [4.78, 5) is 28.4. The second-order valence-electron chi connectivity index (χ2n) is 6.82. The molecule has 1 unspecified atom stereocenters. The van der Waals surface area contributed by atoms with Crippen LogP contribution in [0.2, 0.25) is 5.02 Å². The Morgan fingerprint density at radius 2 is 1.90 bits per heavy atom. The Balaban J connectivity index is 1.99. The number of aryl methyl sites for hydroxylation is 1. The van der Waals surface area contributed by atoms with E-state index in [1.807, 2.05) is 18.4 Å². The van der Waals surface area contributed by atoms with Crippen LogP contribution < -0.4 is 9.64 Å². The molecule has 1 aliphatic rings. The molecular formula is C23H18ClNO4S. The van der Waals surface area contributed by atoms with Gasteiger partial charge in [-0.1, -0.05) is 29.8 Å².